The van der Waals surface area contributed by atoms with Crippen LogP contribution in [0.4, 0.5) is 5.82 Å². The summed E-state index contributed by atoms with van der Waals surface area (Å²) in [5.41, 5.74) is 0.00199. The maximum Gasteiger partial charge on any atom is 0.337 e. The minimum atomic E-state index is -1.13. The zero-order valence-electron chi connectivity index (χ0n) is 8.51. The van der Waals surface area contributed by atoms with Crippen molar-refractivity contribution in [1.82, 2.24) is 4.98 Å². The molecular weight excluding hydrogens is 292 g/mol. The van der Waals surface area contributed by atoms with Crippen LogP contribution in [0.15, 0.2) is 16.7 Å². The van der Waals surface area contributed by atoms with Gasteiger partial charge in [-0.25, -0.2) is 9.78 Å². The molecule has 0 radical (unpaired) electrons. The number of amides is 1. The van der Waals surface area contributed by atoms with E-state index >= 15 is 0 Å². The van der Waals surface area contributed by atoms with E-state index in [1.807, 2.05) is 0 Å². The summed E-state index contributed by atoms with van der Waals surface area (Å²) in [7, 11) is 0. The van der Waals surface area contributed by atoms with Crippen LogP contribution < -0.4 is 4.90 Å². The van der Waals surface area contributed by atoms with Crippen molar-refractivity contribution < 1.29 is 19.5 Å². The summed E-state index contributed by atoms with van der Waals surface area (Å²) in [6.07, 6.45) is 1.15. The van der Waals surface area contributed by atoms with E-state index in [-0.39, 0.29) is 36.0 Å². The van der Waals surface area contributed by atoms with Gasteiger partial charge in [0.1, 0.15) is 5.82 Å². The second kappa shape index (κ2) is 4.25. The number of ketones is 1. The molecule has 6 nitrogen and oxygen atoms in total. The molecule has 1 fully saturated rings. The molecule has 1 N–H and O–H groups in total. The smallest absolute Gasteiger partial charge is 0.337 e. The highest BCUT2D eigenvalue weighted by molar-refractivity contribution is 9.10. The summed E-state index contributed by atoms with van der Waals surface area (Å²) < 4.78 is 0.326. The molecule has 2 rings (SSSR count). The Bertz CT molecular complexity index is 529. The van der Waals surface area contributed by atoms with Gasteiger partial charge in [-0.2, -0.15) is 0 Å². The van der Waals surface area contributed by atoms with E-state index in [1.165, 1.54) is 17.2 Å². The van der Waals surface area contributed by atoms with Crippen LogP contribution in [0.3, 0.4) is 0 Å². The summed E-state index contributed by atoms with van der Waals surface area (Å²) in [5.74, 6) is -1.50. The van der Waals surface area contributed by atoms with Crippen LogP contribution in [0.25, 0.3) is 0 Å². The van der Waals surface area contributed by atoms with Crippen molar-refractivity contribution in [2.75, 3.05) is 11.4 Å². The maximum absolute atomic E-state index is 11.5. The van der Waals surface area contributed by atoms with Crippen molar-refractivity contribution in [1.29, 1.82) is 0 Å². The third-order valence-electron chi connectivity index (χ3n) is 2.33. The monoisotopic (exact) mass is 298 g/mol. The molecule has 0 aliphatic carbocycles. The molecular formula is C10H7BrN2O4. The Kier molecular flexibility index (Phi) is 2.93. The molecule has 0 bridgehead atoms. The highest BCUT2D eigenvalue weighted by Crippen LogP contribution is 2.23. The van der Waals surface area contributed by atoms with Crippen molar-refractivity contribution in [2.24, 2.45) is 0 Å². The number of halogens is 1. The largest absolute Gasteiger partial charge is 0.478 e. The van der Waals surface area contributed by atoms with Gasteiger partial charge in [0.05, 0.1) is 23.0 Å². The number of aromatic carboxylic acids is 1. The number of carboxylic acids is 1. The first kappa shape index (κ1) is 11.7. The number of pyridine rings is 1. The molecule has 0 atom stereocenters. The van der Waals surface area contributed by atoms with Gasteiger partial charge in [0.15, 0.2) is 5.78 Å². The predicted octanol–water partition coefficient (Wildman–Crippen LogP) is 0.848. The van der Waals surface area contributed by atoms with Crippen LogP contribution in [-0.4, -0.2) is 34.3 Å². The number of carboxylic acid groups (broad SMARTS) is 1. The summed E-state index contributed by atoms with van der Waals surface area (Å²) >= 11 is 3.05. The van der Waals surface area contributed by atoms with E-state index in [0.717, 1.165) is 0 Å². The van der Waals surface area contributed by atoms with Gasteiger partial charge in [-0.15, -0.1) is 0 Å². The van der Waals surface area contributed by atoms with E-state index in [4.69, 9.17) is 5.11 Å². The average Bonchev–Trinajstić information content (AvgIpc) is 2.58. The summed E-state index contributed by atoms with van der Waals surface area (Å²) in [5, 5.41) is 8.92. The van der Waals surface area contributed by atoms with Gasteiger partial charge < -0.3 is 5.11 Å². The van der Waals surface area contributed by atoms with Gasteiger partial charge in [-0.05, 0) is 22.0 Å². The third kappa shape index (κ3) is 2.19. The zero-order chi connectivity index (χ0) is 12.6. The molecule has 0 aromatic carbocycles. The predicted molar refractivity (Wildman–Crippen MR) is 60.9 cm³/mol. The minimum Gasteiger partial charge on any atom is -0.478 e. The molecule has 0 saturated carbocycles. The Morgan fingerprint density at radius 2 is 2.18 bits per heavy atom. The lowest BCUT2D eigenvalue weighted by atomic mass is 10.2. The number of hydrogen-bond donors (Lipinski definition) is 1. The first-order valence-corrected chi connectivity index (χ1v) is 5.49. The number of hydrogen-bond acceptors (Lipinski definition) is 4. The van der Waals surface area contributed by atoms with Crippen molar-refractivity contribution in [2.45, 2.75) is 6.42 Å². The molecule has 1 aromatic heterocycles. The van der Waals surface area contributed by atoms with Gasteiger partial charge >= 0.3 is 5.97 Å². The lowest BCUT2D eigenvalue weighted by molar-refractivity contribution is -0.121. The van der Waals surface area contributed by atoms with Gasteiger partial charge in [0.2, 0.25) is 5.91 Å². The number of carbonyl (C=O) groups is 3. The molecule has 1 amide bonds. The Hall–Kier alpha value is -1.76. The highest BCUT2D eigenvalue weighted by atomic mass is 79.9. The van der Waals surface area contributed by atoms with Crippen molar-refractivity contribution in [3.8, 4) is 0 Å². The molecule has 7 heteroatoms. The number of aromatic nitrogens is 1. The van der Waals surface area contributed by atoms with Crippen LogP contribution >= 0.6 is 15.9 Å². The molecule has 1 aliphatic rings. The van der Waals surface area contributed by atoms with Crippen LogP contribution in [-0.2, 0) is 9.59 Å². The molecule has 1 saturated heterocycles. The van der Waals surface area contributed by atoms with Crippen LogP contribution in [0.2, 0.25) is 0 Å². The number of Topliss-reactive ketones (excluding diaryl/α,β-unsaturated/α-hetero) is 1. The first-order valence-electron chi connectivity index (χ1n) is 4.70. The second-order valence-corrected chi connectivity index (χ2v) is 4.38. The molecule has 0 unspecified atom stereocenters. The lowest BCUT2D eigenvalue weighted by Crippen LogP contribution is -2.25. The Morgan fingerprint density at radius 3 is 2.71 bits per heavy atom. The van der Waals surface area contributed by atoms with E-state index in [2.05, 4.69) is 20.9 Å². The fraction of sp³-hybridized carbons (Fsp3) is 0.200. The summed E-state index contributed by atoms with van der Waals surface area (Å²) in [6.45, 7) is -0.0491. The van der Waals surface area contributed by atoms with Crippen LogP contribution in [0, 0.1) is 0 Å². The van der Waals surface area contributed by atoms with Gasteiger partial charge in [0.25, 0.3) is 0 Å². The fourth-order valence-corrected chi connectivity index (χ4v) is 1.92. The van der Waals surface area contributed by atoms with Gasteiger partial charge in [-0.1, -0.05) is 0 Å². The molecule has 88 valence electrons. The standard InChI is InChI=1S/C10H7BrN2O4/c11-7-3-12-8(2-6(7)10(16)17)13-4-5(14)1-9(13)15/h2-3H,1,4H2,(H,16,17). The number of carbonyl (C=O) groups excluding carboxylic acids is 2. The van der Waals surface area contributed by atoms with Crippen molar-refractivity contribution >= 4 is 39.4 Å². The maximum atomic E-state index is 11.5. The van der Waals surface area contributed by atoms with E-state index in [9.17, 15) is 14.4 Å². The summed E-state index contributed by atoms with van der Waals surface area (Å²) in [4.78, 5) is 38.6. The number of anilines is 1. The SMILES string of the molecule is O=C1CC(=O)N(c2cc(C(=O)O)c(Br)cn2)C1. The van der Waals surface area contributed by atoms with E-state index in [1.54, 1.807) is 0 Å². The Labute approximate surface area is 104 Å². The number of nitrogens with zero attached hydrogens (tertiary/aromatic N) is 2. The average molecular weight is 299 g/mol. The molecule has 17 heavy (non-hydrogen) atoms. The molecule has 2 heterocycles. The van der Waals surface area contributed by atoms with E-state index in [0.29, 0.717) is 4.47 Å². The van der Waals surface area contributed by atoms with Crippen LogP contribution in [0.5, 0.6) is 0 Å². The zero-order valence-corrected chi connectivity index (χ0v) is 10.1. The van der Waals surface area contributed by atoms with Crippen molar-refractivity contribution in [3.05, 3.63) is 22.3 Å². The highest BCUT2D eigenvalue weighted by Gasteiger charge is 2.30. The van der Waals surface area contributed by atoms with Crippen LogP contribution in [0.1, 0.15) is 16.8 Å². The quantitative estimate of drug-likeness (QED) is 0.818. The molecule has 1 aromatic rings. The Morgan fingerprint density at radius 1 is 1.47 bits per heavy atom. The van der Waals surface area contributed by atoms with Gasteiger partial charge in [-0.3, -0.25) is 14.5 Å². The molecule has 0 spiro atoms. The van der Waals surface area contributed by atoms with Gasteiger partial charge in [0, 0.05) is 6.20 Å². The topological polar surface area (TPSA) is 87.6 Å². The Balaban J connectivity index is 2.40. The number of rotatable bonds is 2. The fourth-order valence-electron chi connectivity index (χ4n) is 1.53. The lowest BCUT2D eigenvalue weighted by Gasteiger charge is -2.14. The third-order valence-corrected chi connectivity index (χ3v) is 2.96. The summed E-state index contributed by atoms with van der Waals surface area (Å²) in [6, 6.07) is 1.27. The molecule has 1 aliphatic heterocycles. The second-order valence-electron chi connectivity index (χ2n) is 3.52. The normalized spacial score (nSPS) is 15.5. The minimum absolute atomic E-state index is 0.00199. The first-order chi connectivity index (χ1) is 7.99. The van der Waals surface area contributed by atoms with E-state index < -0.39 is 5.97 Å². The van der Waals surface area contributed by atoms with Crippen molar-refractivity contribution in [3.63, 3.8) is 0 Å².